The summed E-state index contributed by atoms with van der Waals surface area (Å²) in [5.41, 5.74) is 1.38. The monoisotopic (exact) mass is 237 g/mol. The highest BCUT2D eigenvalue weighted by atomic mass is 32.2. The Morgan fingerprint density at radius 1 is 1.19 bits per heavy atom. The minimum absolute atomic E-state index is 0.822. The molecular weight excluding hydrogens is 214 g/mol. The number of hydrogen-bond donors (Lipinski definition) is 1. The first-order chi connectivity index (χ1) is 7.72. The van der Waals surface area contributed by atoms with Gasteiger partial charge in [0.2, 0.25) is 0 Å². The van der Waals surface area contributed by atoms with Crippen molar-refractivity contribution in [2.45, 2.75) is 38.1 Å². The van der Waals surface area contributed by atoms with Crippen molar-refractivity contribution >= 4 is 11.8 Å². The topological polar surface area (TPSA) is 12.0 Å². The van der Waals surface area contributed by atoms with Crippen molar-refractivity contribution < 1.29 is 0 Å². The molecule has 0 aliphatic heterocycles. The molecule has 0 radical (unpaired) electrons. The maximum Gasteiger partial charge on any atom is 0.0205 e. The molecule has 0 saturated carbocycles. The SMILES string of the molecule is CSc1ccc(CNCCCC(C)C)cc1. The lowest BCUT2D eigenvalue weighted by atomic mass is 10.1. The quantitative estimate of drug-likeness (QED) is 0.569. The third kappa shape index (κ3) is 5.57. The molecule has 0 amide bonds. The Morgan fingerprint density at radius 3 is 2.44 bits per heavy atom. The summed E-state index contributed by atoms with van der Waals surface area (Å²) < 4.78 is 0. The van der Waals surface area contributed by atoms with E-state index in [0.717, 1.165) is 19.0 Å². The molecule has 1 rings (SSSR count). The highest BCUT2D eigenvalue weighted by Gasteiger charge is 1.95. The van der Waals surface area contributed by atoms with E-state index >= 15 is 0 Å². The zero-order valence-corrected chi connectivity index (χ0v) is 11.4. The molecule has 0 fully saturated rings. The van der Waals surface area contributed by atoms with Crippen LogP contribution in [0.1, 0.15) is 32.3 Å². The first kappa shape index (κ1) is 13.6. The van der Waals surface area contributed by atoms with Gasteiger partial charge < -0.3 is 5.32 Å². The van der Waals surface area contributed by atoms with Crippen LogP contribution >= 0.6 is 11.8 Å². The average molecular weight is 237 g/mol. The van der Waals surface area contributed by atoms with Crippen LogP contribution in [0, 0.1) is 5.92 Å². The van der Waals surface area contributed by atoms with E-state index in [1.165, 1.54) is 23.3 Å². The Morgan fingerprint density at radius 2 is 1.88 bits per heavy atom. The van der Waals surface area contributed by atoms with Crippen molar-refractivity contribution in [3.8, 4) is 0 Å². The molecule has 0 unspecified atom stereocenters. The van der Waals surface area contributed by atoms with E-state index in [1.807, 2.05) is 0 Å². The largest absolute Gasteiger partial charge is 0.313 e. The predicted octanol–water partition coefficient (Wildman–Crippen LogP) is 3.93. The lowest BCUT2D eigenvalue weighted by Crippen LogP contribution is -2.15. The van der Waals surface area contributed by atoms with Crippen LogP contribution in [0.15, 0.2) is 29.2 Å². The second-order valence-electron chi connectivity index (χ2n) is 4.56. The summed E-state index contributed by atoms with van der Waals surface area (Å²) in [6, 6.07) is 8.80. The molecule has 1 aromatic carbocycles. The van der Waals surface area contributed by atoms with E-state index in [9.17, 15) is 0 Å². The molecule has 0 aliphatic rings. The molecule has 1 N–H and O–H groups in total. The highest BCUT2D eigenvalue weighted by Crippen LogP contribution is 2.14. The molecule has 0 spiro atoms. The molecule has 0 aromatic heterocycles. The van der Waals surface area contributed by atoms with Gasteiger partial charge in [-0.15, -0.1) is 11.8 Å². The highest BCUT2D eigenvalue weighted by molar-refractivity contribution is 7.98. The Labute approximate surface area is 104 Å². The Balaban J connectivity index is 2.16. The van der Waals surface area contributed by atoms with Crippen LogP contribution < -0.4 is 5.32 Å². The fraction of sp³-hybridized carbons (Fsp3) is 0.571. The van der Waals surface area contributed by atoms with Crippen LogP contribution in [-0.2, 0) is 6.54 Å². The van der Waals surface area contributed by atoms with Crippen LogP contribution in [0.4, 0.5) is 0 Å². The number of hydrogen-bond acceptors (Lipinski definition) is 2. The summed E-state index contributed by atoms with van der Waals surface area (Å²) in [6.07, 6.45) is 4.71. The van der Waals surface area contributed by atoms with Gasteiger partial charge in [0.15, 0.2) is 0 Å². The van der Waals surface area contributed by atoms with Gasteiger partial charge in [0.05, 0.1) is 0 Å². The molecule has 0 atom stereocenters. The van der Waals surface area contributed by atoms with Crippen molar-refractivity contribution in [3.05, 3.63) is 29.8 Å². The van der Waals surface area contributed by atoms with Gasteiger partial charge in [0, 0.05) is 11.4 Å². The predicted molar refractivity (Wildman–Crippen MR) is 74.0 cm³/mol. The molecule has 1 nitrogen and oxygen atoms in total. The first-order valence-corrected chi connectivity index (χ1v) is 7.28. The maximum atomic E-state index is 3.49. The summed E-state index contributed by atoms with van der Waals surface area (Å²) in [5, 5.41) is 3.49. The van der Waals surface area contributed by atoms with Crippen LogP contribution in [0.3, 0.4) is 0 Å². The zero-order chi connectivity index (χ0) is 11.8. The first-order valence-electron chi connectivity index (χ1n) is 6.06. The Kier molecular flexibility index (Phi) is 6.58. The van der Waals surface area contributed by atoms with Gasteiger partial charge >= 0.3 is 0 Å². The number of thioether (sulfide) groups is 1. The van der Waals surface area contributed by atoms with Crippen molar-refractivity contribution in [2.24, 2.45) is 5.92 Å². The molecule has 0 bridgehead atoms. The van der Waals surface area contributed by atoms with Gasteiger partial charge in [-0.05, 0) is 49.3 Å². The van der Waals surface area contributed by atoms with E-state index in [0.29, 0.717) is 0 Å². The summed E-state index contributed by atoms with van der Waals surface area (Å²) in [4.78, 5) is 1.34. The van der Waals surface area contributed by atoms with E-state index in [-0.39, 0.29) is 0 Å². The minimum atomic E-state index is 0.822. The second-order valence-corrected chi connectivity index (χ2v) is 5.44. The normalized spacial score (nSPS) is 11.0. The second kappa shape index (κ2) is 7.75. The molecule has 1 aromatic rings. The van der Waals surface area contributed by atoms with Crippen LogP contribution in [0.25, 0.3) is 0 Å². The van der Waals surface area contributed by atoms with E-state index in [1.54, 1.807) is 11.8 Å². The number of nitrogens with one attached hydrogen (secondary N) is 1. The molecule has 0 aliphatic carbocycles. The summed E-state index contributed by atoms with van der Waals surface area (Å²) in [7, 11) is 0. The van der Waals surface area contributed by atoms with Crippen LogP contribution in [-0.4, -0.2) is 12.8 Å². The van der Waals surface area contributed by atoms with Crippen molar-refractivity contribution in [2.75, 3.05) is 12.8 Å². The molecule has 90 valence electrons. The molecule has 16 heavy (non-hydrogen) atoms. The summed E-state index contributed by atoms with van der Waals surface area (Å²) >= 11 is 1.79. The molecule has 0 heterocycles. The van der Waals surface area contributed by atoms with Gasteiger partial charge in [-0.25, -0.2) is 0 Å². The maximum absolute atomic E-state index is 3.49. The standard InChI is InChI=1S/C14H23NS/c1-12(2)5-4-10-15-11-13-6-8-14(16-3)9-7-13/h6-9,12,15H,4-5,10-11H2,1-3H3. The van der Waals surface area contributed by atoms with Gasteiger partial charge in [-0.3, -0.25) is 0 Å². The lowest BCUT2D eigenvalue weighted by Gasteiger charge is -2.07. The van der Waals surface area contributed by atoms with Gasteiger partial charge in [-0.2, -0.15) is 0 Å². The third-order valence-electron chi connectivity index (χ3n) is 2.62. The third-order valence-corrected chi connectivity index (χ3v) is 3.37. The summed E-state index contributed by atoms with van der Waals surface area (Å²) in [6.45, 7) is 6.68. The van der Waals surface area contributed by atoms with Crippen molar-refractivity contribution in [3.63, 3.8) is 0 Å². The summed E-state index contributed by atoms with van der Waals surface area (Å²) in [5.74, 6) is 0.822. The fourth-order valence-electron chi connectivity index (χ4n) is 1.61. The molecule has 0 saturated heterocycles. The van der Waals surface area contributed by atoms with E-state index < -0.39 is 0 Å². The number of rotatable bonds is 7. The van der Waals surface area contributed by atoms with Gasteiger partial charge in [0.25, 0.3) is 0 Å². The van der Waals surface area contributed by atoms with Gasteiger partial charge in [0.1, 0.15) is 0 Å². The Bertz CT molecular complexity index is 279. The minimum Gasteiger partial charge on any atom is -0.313 e. The number of benzene rings is 1. The van der Waals surface area contributed by atoms with Crippen LogP contribution in [0.2, 0.25) is 0 Å². The fourth-order valence-corrected chi connectivity index (χ4v) is 2.02. The zero-order valence-electron chi connectivity index (χ0n) is 10.6. The van der Waals surface area contributed by atoms with Crippen LogP contribution in [0.5, 0.6) is 0 Å². The van der Waals surface area contributed by atoms with Gasteiger partial charge in [-0.1, -0.05) is 26.0 Å². The smallest absolute Gasteiger partial charge is 0.0205 e. The average Bonchev–Trinajstić information content (AvgIpc) is 2.29. The Hall–Kier alpha value is -0.470. The van der Waals surface area contributed by atoms with E-state index in [4.69, 9.17) is 0 Å². The lowest BCUT2D eigenvalue weighted by molar-refractivity contribution is 0.527. The van der Waals surface area contributed by atoms with E-state index in [2.05, 4.69) is 49.7 Å². The van der Waals surface area contributed by atoms with Crippen molar-refractivity contribution in [1.29, 1.82) is 0 Å². The van der Waals surface area contributed by atoms with Crippen molar-refractivity contribution in [1.82, 2.24) is 5.32 Å². The molecule has 2 heteroatoms. The molecular formula is C14H23NS.